The van der Waals surface area contributed by atoms with E-state index in [1.165, 1.54) is 18.3 Å². The maximum atomic E-state index is 12.6. The quantitative estimate of drug-likeness (QED) is 0.327. The van der Waals surface area contributed by atoms with E-state index < -0.39 is 5.97 Å². The monoisotopic (exact) mass is 532 g/mol. The predicted octanol–water partition coefficient (Wildman–Crippen LogP) is 3.93. The van der Waals surface area contributed by atoms with Crippen LogP contribution in [0.2, 0.25) is 10.0 Å². The molecule has 4 heterocycles. The number of Topliss-reactive ketones (excluding diaryl/α,β-unsaturated/α-hetero) is 1. The molecule has 1 amide bonds. The summed E-state index contributed by atoms with van der Waals surface area (Å²) in [5.41, 5.74) is 1.29. The third-order valence-electron chi connectivity index (χ3n) is 6.04. The van der Waals surface area contributed by atoms with Crippen LogP contribution in [0.25, 0.3) is 10.6 Å². The Balaban J connectivity index is 0.00000274. The third-order valence-corrected chi connectivity index (χ3v) is 9.28. The average molecular weight is 533 g/mol. The number of aromatic nitrogens is 2. The Kier molecular flexibility index (Phi) is 6.95. The van der Waals surface area contributed by atoms with Gasteiger partial charge in [-0.05, 0) is 26.0 Å². The molecule has 3 atom stereocenters. The number of thiazole rings is 1. The Labute approximate surface area is 224 Å². The maximum absolute atomic E-state index is 12.6. The van der Waals surface area contributed by atoms with Gasteiger partial charge in [-0.2, -0.15) is 0 Å². The molecule has 0 bridgehead atoms. The van der Waals surface area contributed by atoms with Gasteiger partial charge in [-0.15, -0.1) is 11.3 Å². The van der Waals surface area contributed by atoms with Crippen LogP contribution in [0, 0.1) is 18.8 Å². The molecule has 3 aromatic heterocycles. The molecule has 0 spiro atoms. The third kappa shape index (κ3) is 4.32. The normalized spacial score (nSPS) is 20.6. The summed E-state index contributed by atoms with van der Waals surface area (Å²) in [7, 11) is 0. The first-order chi connectivity index (χ1) is 15.7. The van der Waals surface area contributed by atoms with E-state index in [1.807, 2.05) is 0 Å². The van der Waals surface area contributed by atoms with Gasteiger partial charge in [-0.3, -0.25) is 9.59 Å². The second-order valence-corrected chi connectivity index (χ2v) is 11.0. The van der Waals surface area contributed by atoms with Crippen molar-refractivity contribution in [3.63, 3.8) is 0 Å². The van der Waals surface area contributed by atoms with Gasteiger partial charge in [0.05, 0.1) is 19.8 Å². The molecular formula is C21H19Cl2LiN4O4S2. The zero-order valence-electron chi connectivity index (χ0n) is 17.4. The van der Waals surface area contributed by atoms with Gasteiger partial charge in [0, 0.05) is 36.7 Å². The fourth-order valence-corrected chi connectivity index (χ4v) is 6.57. The molecule has 2 aliphatic rings. The molecule has 174 valence electrons. The number of piperidine rings is 1. The molecular weight excluding hydrogens is 514 g/mol. The molecule has 0 radical (unpaired) electrons. The van der Waals surface area contributed by atoms with E-state index in [4.69, 9.17) is 23.2 Å². The zero-order valence-corrected chi connectivity index (χ0v) is 20.6. The van der Waals surface area contributed by atoms with Crippen LogP contribution in [0.4, 0.5) is 5.13 Å². The van der Waals surface area contributed by atoms with Gasteiger partial charge in [-0.1, -0.05) is 34.5 Å². The SMILES string of the molecule is CC(=O)c1ccc(-c2nc(N3C[C@@H]4C(NC(=O)c5[nH]c(C)c(Cl)c5Cl)[C@@H]4C3)sc2C(=O)O)s1.[LiH]. The van der Waals surface area contributed by atoms with E-state index in [2.05, 4.69) is 20.2 Å². The van der Waals surface area contributed by atoms with E-state index in [0.717, 1.165) is 11.3 Å². The van der Waals surface area contributed by atoms with Crippen molar-refractivity contribution in [1.82, 2.24) is 15.3 Å². The van der Waals surface area contributed by atoms with Crippen LogP contribution in [-0.2, 0) is 0 Å². The summed E-state index contributed by atoms with van der Waals surface area (Å²) >= 11 is 14.6. The fourth-order valence-electron chi connectivity index (χ4n) is 4.26. The molecule has 2 fully saturated rings. The average Bonchev–Trinajstić information content (AvgIpc) is 3.33. The van der Waals surface area contributed by atoms with Gasteiger partial charge in [-0.25, -0.2) is 9.78 Å². The van der Waals surface area contributed by atoms with Crippen LogP contribution in [0.3, 0.4) is 0 Å². The summed E-state index contributed by atoms with van der Waals surface area (Å²) in [6, 6.07) is 3.46. The number of aryl methyl sites for hydroxylation is 1. The van der Waals surface area contributed by atoms with Crippen molar-refractivity contribution in [2.45, 2.75) is 19.9 Å². The number of carbonyl (C=O) groups excluding carboxylic acids is 2. The first kappa shape index (κ1) is 25.3. The van der Waals surface area contributed by atoms with Gasteiger partial charge < -0.3 is 20.3 Å². The number of aromatic amines is 1. The number of anilines is 1. The standard InChI is InChI=1S/C21H18Cl2N4O4S2.Li.H/c1-7-13(22)14(23)17(24-7)19(29)25-15-9-5-27(6-10(9)15)21-26-16(18(33-21)20(30)31)12-4-3-11(32-12)8(2)28;;/h3-4,9-10,15,24H,5-6H2,1-2H3,(H,25,29)(H,30,31);;/t9-,10+,15?;;. The number of rotatable bonds is 6. The van der Waals surface area contributed by atoms with Crippen molar-refractivity contribution in [2.24, 2.45) is 11.8 Å². The molecule has 8 nitrogen and oxygen atoms in total. The molecule has 0 aromatic carbocycles. The number of amides is 1. The van der Waals surface area contributed by atoms with Crippen LogP contribution in [-0.4, -0.2) is 70.7 Å². The van der Waals surface area contributed by atoms with Gasteiger partial charge in [0.15, 0.2) is 10.9 Å². The molecule has 1 aliphatic heterocycles. The summed E-state index contributed by atoms with van der Waals surface area (Å²) < 4.78 is 0. The topological polar surface area (TPSA) is 115 Å². The van der Waals surface area contributed by atoms with Crippen molar-refractivity contribution < 1.29 is 19.5 Å². The van der Waals surface area contributed by atoms with Crippen molar-refractivity contribution in [1.29, 1.82) is 0 Å². The number of carboxylic acids is 1. The molecule has 34 heavy (non-hydrogen) atoms. The molecule has 13 heteroatoms. The molecule has 1 unspecified atom stereocenters. The molecule has 3 N–H and O–H groups in total. The Morgan fingerprint density at radius 3 is 2.38 bits per heavy atom. The molecule has 5 rings (SSSR count). The summed E-state index contributed by atoms with van der Waals surface area (Å²) in [5, 5.41) is 13.9. The molecule has 1 saturated heterocycles. The van der Waals surface area contributed by atoms with Gasteiger partial charge in [0.1, 0.15) is 16.3 Å². The second-order valence-electron chi connectivity index (χ2n) is 8.18. The first-order valence-electron chi connectivity index (χ1n) is 10.1. The number of ketones is 1. The molecule has 1 aliphatic carbocycles. The summed E-state index contributed by atoms with van der Waals surface area (Å²) in [6.07, 6.45) is 0. The first-order valence-corrected chi connectivity index (χ1v) is 12.5. The van der Waals surface area contributed by atoms with Crippen LogP contribution >= 0.6 is 45.9 Å². The number of thiophene rings is 1. The second kappa shape index (κ2) is 9.34. The minimum atomic E-state index is -1.04. The number of carbonyl (C=O) groups is 3. The number of H-pyrrole nitrogens is 1. The fraction of sp³-hybridized carbons (Fsp3) is 0.333. The van der Waals surface area contributed by atoms with E-state index in [-0.39, 0.29) is 64.0 Å². The van der Waals surface area contributed by atoms with E-state index in [1.54, 1.807) is 19.1 Å². The van der Waals surface area contributed by atoms with Gasteiger partial charge >= 0.3 is 24.8 Å². The number of carboxylic acid groups (broad SMARTS) is 1. The van der Waals surface area contributed by atoms with Gasteiger partial charge in [0.25, 0.3) is 5.91 Å². The number of hydrogen-bond acceptors (Lipinski definition) is 7. The summed E-state index contributed by atoms with van der Waals surface area (Å²) in [6.45, 7) is 4.57. The Morgan fingerprint density at radius 2 is 1.85 bits per heavy atom. The Morgan fingerprint density at radius 1 is 1.18 bits per heavy atom. The van der Waals surface area contributed by atoms with Crippen molar-refractivity contribution in [2.75, 3.05) is 18.0 Å². The number of nitrogens with one attached hydrogen (secondary N) is 2. The zero-order chi connectivity index (χ0) is 23.6. The van der Waals surface area contributed by atoms with E-state index >= 15 is 0 Å². The predicted molar refractivity (Wildman–Crippen MR) is 136 cm³/mol. The van der Waals surface area contributed by atoms with Crippen molar-refractivity contribution in [3.8, 4) is 10.6 Å². The number of aromatic carboxylic acids is 1. The minimum absolute atomic E-state index is 0. The summed E-state index contributed by atoms with van der Waals surface area (Å²) in [5.74, 6) is -0.885. The number of hydrogen-bond donors (Lipinski definition) is 3. The van der Waals surface area contributed by atoms with Crippen LogP contribution in [0.15, 0.2) is 12.1 Å². The van der Waals surface area contributed by atoms with Crippen LogP contribution in [0.5, 0.6) is 0 Å². The molecule has 1 saturated carbocycles. The van der Waals surface area contributed by atoms with Gasteiger partial charge in [0.2, 0.25) is 0 Å². The van der Waals surface area contributed by atoms with E-state index in [9.17, 15) is 19.5 Å². The van der Waals surface area contributed by atoms with E-state index in [0.29, 0.717) is 44.4 Å². The Hall–Kier alpha value is -1.80. The molecule has 3 aromatic rings. The van der Waals surface area contributed by atoms with Crippen LogP contribution in [0.1, 0.15) is 42.4 Å². The van der Waals surface area contributed by atoms with Crippen molar-refractivity contribution >= 4 is 87.5 Å². The van der Waals surface area contributed by atoms with Crippen molar-refractivity contribution in [3.05, 3.63) is 43.3 Å². The number of fused-ring (bicyclic) bond motifs is 1. The number of nitrogens with zero attached hydrogens (tertiary/aromatic N) is 2. The van der Waals surface area contributed by atoms with Crippen LogP contribution < -0.4 is 10.2 Å². The number of halogens is 2. The summed E-state index contributed by atoms with van der Waals surface area (Å²) in [4.78, 5) is 47.0. The Bertz CT molecular complexity index is 1310.